The molecule has 0 fully saturated rings. The van der Waals surface area contributed by atoms with Crippen LogP contribution in [0.1, 0.15) is 17.0 Å². The maximum atomic E-state index is 5.92. The lowest BCUT2D eigenvalue weighted by Gasteiger charge is -2.09. The van der Waals surface area contributed by atoms with E-state index in [2.05, 4.69) is 33.3 Å². The van der Waals surface area contributed by atoms with Gasteiger partial charge in [0.2, 0.25) is 0 Å². The zero-order valence-corrected chi connectivity index (χ0v) is 12.9. The number of hydrogen-bond donors (Lipinski definition) is 1. The van der Waals surface area contributed by atoms with E-state index in [1.165, 1.54) is 11.3 Å². The minimum absolute atomic E-state index is 0.723. The highest BCUT2D eigenvalue weighted by Gasteiger charge is 2.09. The van der Waals surface area contributed by atoms with Crippen molar-refractivity contribution in [2.75, 3.05) is 5.32 Å². The number of anilines is 1. The van der Waals surface area contributed by atoms with Crippen LogP contribution in [0.2, 0.25) is 5.02 Å². The number of halogens is 2. The van der Waals surface area contributed by atoms with Crippen LogP contribution in [0.5, 0.6) is 0 Å². The molecule has 96 valence electrons. The summed E-state index contributed by atoms with van der Waals surface area (Å²) in [6, 6.07) is 5.72. The quantitative estimate of drug-likeness (QED) is 0.920. The number of rotatable bonds is 3. The monoisotopic (exact) mass is 327 g/mol. The first-order valence-corrected chi connectivity index (χ1v) is 6.84. The van der Waals surface area contributed by atoms with Gasteiger partial charge in [-0.15, -0.1) is 0 Å². The summed E-state index contributed by atoms with van der Waals surface area (Å²) in [6.45, 7) is 4.86. The summed E-state index contributed by atoms with van der Waals surface area (Å²) in [4.78, 5) is 0. The maximum absolute atomic E-state index is 5.92. The number of hydrogen-bond acceptors (Lipinski definition) is 2. The van der Waals surface area contributed by atoms with Crippen molar-refractivity contribution < 1.29 is 0 Å². The first-order chi connectivity index (χ1) is 8.49. The van der Waals surface area contributed by atoms with Gasteiger partial charge in [-0.3, -0.25) is 4.68 Å². The number of benzene rings is 1. The fourth-order valence-electron chi connectivity index (χ4n) is 1.89. The Labute approximate surface area is 120 Å². The summed E-state index contributed by atoms with van der Waals surface area (Å²) in [6.07, 6.45) is 0. The van der Waals surface area contributed by atoms with Crippen LogP contribution in [0.25, 0.3) is 0 Å². The summed E-state index contributed by atoms with van der Waals surface area (Å²) in [5.41, 5.74) is 4.51. The summed E-state index contributed by atoms with van der Waals surface area (Å²) in [5.74, 6) is 0. The fraction of sp³-hybridized carbons (Fsp3) is 0.308. The molecule has 0 aliphatic rings. The van der Waals surface area contributed by atoms with Gasteiger partial charge in [-0.1, -0.05) is 11.6 Å². The Kier molecular flexibility index (Phi) is 3.97. The largest absolute Gasteiger partial charge is 0.380 e. The van der Waals surface area contributed by atoms with Crippen LogP contribution in [0.3, 0.4) is 0 Å². The second kappa shape index (κ2) is 5.33. The van der Waals surface area contributed by atoms with E-state index in [1.807, 2.05) is 36.9 Å². The smallest absolute Gasteiger partial charge is 0.0646 e. The molecule has 18 heavy (non-hydrogen) atoms. The Hall–Kier alpha value is -1.000. The third-order valence-electron chi connectivity index (χ3n) is 3.05. The Morgan fingerprint density at radius 1 is 1.39 bits per heavy atom. The molecule has 0 unspecified atom stereocenters. The molecule has 0 atom stereocenters. The van der Waals surface area contributed by atoms with Crippen LogP contribution in [0.4, 0.5) is 5.69 Å². The molecule has 0 aliphatic carbocycles. The van der Waals surface area contributed by atoms with Gasteiger partial charge in [0.25, 0.3) is 0 Å². The topological polar surface area (TPSA) is 29.9 Å². The van der Waals surface area contributed by atoms with E-state index in [0.717, 1.165) is 27.4 Å². The molecule has 0 bridgehead atoms. The van der Waals surface area contributed by atoms with E-state index in [9.17, 15) is 0 Å². The van der Waals surface area contributed by atoms with Crippen LogP contribution in [0, 0.1) is 13.8 Å². The molecule has 1 N–H and O–H groups in total. The van der Waals surface area contributed by atoms with Gasteiger partial charge in [-0.2, -0.15) is 5.10 Å². The number of nitrogens with one attached hydrogen (secondary N) is 1. The molecule has 0 spiro atoms. The Morgan fingerprint density at radius 3 is 2.67 bits per heavy atom. The summed E-state index contributed by atoms with van der Waals surface area (Å²) >= 11 is 9.41. The van der Waals surface area contributed by atoms with Crippen molar-refractivity contribution in [3.63, 3.8) is 0 Å². The molecule has 3 nitrogen and oxygen atoms in total. The SMILES string of the molecule is Cc1nn(C)c(C)c1CNc1ccc(Cl)cc1Br. The molecule has 1 aromatic heterocycles. The fourth-order valence-corrected chi connectivity index (χ4v) is 2.71. The molecule has 0 radical (unpaired) electrons. The van der Waals surface area contributed by atoms with E-state index in [4.69, 9.17) is 11.6 Å². The van der Waals surface area contributed by atoms with Gasteiger partial charge in [0.15, 0.2) is 0 Å². The van der Waals surface area contributed by atoms with Gasteiger partial charge < -0.3 is 5.32 Å². The van der Waals surface area contributed by atoms with E-state index in [-0.39, 0.29) is 0 Å². The van der Waals surface area contributed by atoms with Gasteiger partial charge >= 0.3 is 0 Å². The first-order valence-electron chi connectivity index (χ1n) is 5.67. The van der Waals surface area contributed by atoms with E-state index in [0.29, 0.717) is 0 Å². The van der Waals surface area contributed by atoms with Crippen LogP contribution in [-0.4, -0.2) is 9.78 Å². The van der Waals surface area contributed by atoms with Gasteiger partial charge in [0.05, 0.1) is 5.69 Å². The van der Waals surface area contributed by atoms with Crippen LogP contribution >= 0.6 is 27.5 Å². The van der Waals surface area contributed by atoms with Gasteiger partial charge in [-0.05, 0) is 48.0 Å². The molecule has 2 aromatic rings. The third kappa shape index (κ3) is 2.70. The highest BCUT2D eigenvalue weighted by molar-refractivity contribution is 9.10. The predicted molar refractivity (Wildman–Crippen MR) is 79.2 cm³/mol. The molecule has 0 saturated carbocycles. The molecule has 1 aromatic carbocycles. The molecule has 5 heteroatoms. The summed E-state index contributed by atoms with van der Waals surface area (Å²) < 4.78 is 2.87. The molecule has 2 rings (SSSR count). The van der Waals surface area contributed by atoms with Gasteiger partial charge in [-0.25, -0.2) is 0 Å². The van der Waals surface area contributed by atoms with Crippen molar-refractivity contribution in [2.24, 2.45) is 7.05 Å². The second-order valence-corrected chi connectivity index (χ2v) is 5.54. The molecule has 0 aliphatic heterocycles. The average molecular weight is 329 g/mol. The van der Waals surface area contributed by atoms with Crippen molar-refractivity contribution in [2.45, 2.75) is 20.4 Å². The molecular formula is C13H15BrClN3. The molecule has 0 amide bonds. The Balaban J connectivity index is 2.16. The normalized spacial score (nSPS) is 10.7. The van der Waals surface area contributed by atoms with Gasteiger partial charge in [0.1, 0.15) is 0 Å². The number of nitrogens with zero attached hydrogens (tertiary/aromatic N) is 2. The van der Waals surface area contributed by atoms with Crippen molar-refractivity contribution in [3.8, 4) is 0 Å². The molecule has 1 heterocycles. The number of aromatic nitrogens is 2. The Bertz CT molecular complexity index is 578. The number of aryl methyl sites for hydroxylation is 2. The predicted octanol–water partition coefficient (Wildman–Crippen LogP) is 4.06. The van der Waals surface area contributed by atoms with Crippen molar-refractivity contribution in [3.05, 3.63) is 44.6 Å². The maximum Gasteiger partial charge on any atom is 0.0646 e. The van der Waals surface area contributed by atoms with Gasteiger partial charge in [0, 0.05) is 40.0 Å². The summed E-state index contributed by atoms with van der Waals surface area (Å²) in [5, 5.41) is 8.52. The van der Waals surface area contributed by atoms with Crippen LogP contribution < -0.4 is 5.32 Å². The van der Waals surface area contributed by atoms with Crippen molar-refractivity contribution in [1.29, 1.82) is 0 Å². The second-order valence-electron chi connectivity index (χ2n) is 4.25. The minimum Gasteiger partial charge on any atom is -0.380 e. The Morgan fingerprint density at radius 2 is 2.11 bits per heavy atom. The van der Waals surface area contributed by atoms with E-state index < -0.39 is 0 Å². The van der Waals surface area contributed by atoms with Crippen molar-refractivity contribution >= 4 is 33.2 Å². The minimum atomic E-state index is 0.723. The highest BCUT2D eigenvalue weighted by Crippen LogP contribution is 2.26. The average Bonchev–Trinajstić information content (AvgIpc) is 2.53. The zero-order valence-electron chi connectivity index (χ0n) is 10.6. The first kappa shape index (κ1) is 13.4. The molecule has 0 saturated heterocycles. The lowest BCUT2D eigenvalue weighted by atomic mass is 10.2. The van der Waals surface area contributed by atoms with Crippen LogP contribution in [0.15, 0.2) is 22.7 Å². The van der Waals surface area contributed by atoms with E-state index in [1.54, 1.807) is 0 Å². The van der Waals surface area contributed by atoms with E-state index >= 15 is 0 Å². The zero-order chi connectivity index (χ0) is 13.3. The standard InChI is InChI=1S/C13H15BrClN3/c1-8-11(9(2)18(3)17-8)7-16-13-5-4-10(15)6-12(13)14/h4-6,16H,7H2,1-3H3. The highest BCUT2D eigenvalue weighted by atomic mass is 79.9. The summed E-state index contributed by atoms with van der Waals surface area (Å²) in [7, 11) is 1.96. The lowest BCUT2D eigenvalue weighted by Crippen LogP contribution is -2.02. The lowest BCUT2D eigenvalue weighted by molar-refractivity contribution is 0.730. The van der Waals surface area contributed by atoms with Crippen LogP contribution in [-0.2, 0) is 13.6 Å². The van der Waals surface area contributed by atoms with Crippen molar-refractivity contribution in [1.82, 2.24) is 9.78 Å². The third-order valence-corrected chi connectivity index (χ3v) is 3.94. The molecular weight excluding hydrogens is 314 g/mol.